The molecule has 3 unspecified atom stereocenters. The van der Waals surface area contributed by atoms with Gasteiger partial charge in [0, 0.05) is 11.6 Å². The van der Waals surface area contributed by atoms with Crippen molar-refractivity contribution in [2.45, 2.75) is 32.4 Å². The molecule has 2 aliphatic heterocycles. The van der Waals surface area contributed by atoms with Crippen LogP contribution in [0.15, 0.2) is 35.5 Å². The van der Waals surface area contributed by atoms with Crippen molar-refractivity contribution < 1.29 is 24.2 Å². The Kier molecular flexibility index (Phi) is 4.09. The first-order chi connectivity index (χ1) is 11.4. The van der Waals surface area contributed by atoms with Gasteiger partial charge in [0.25, 0.3) is 0 Å². The number of nitrogens with one attached hydrogen (secondary N) is 1. The van der Waals surface area contributed by atoms with Crippen molar-refractivity contribution in [1.82, 2.24) is 5.32 Å². The molecule has 1 saturated heterocycles. The van der Waals surface area contributed by atoms with Crippen LogP contribution in [0.25, 0.3) is 0 Å². The lowest BCUT2D eigenvalue weighted by molar-refractivity contribution is -0.143. The van der Waals surface area contributed by atoms with Crippen LogP contribution in [-0.2, 0) is 19.1 Å². The molecule has 3 atom stereocenters. The summed E-state index contributed by atoms with van der Waals surface area (Å²) in [5.41, 5.74) is 1.08. The molecule has 128 valence electrons. The standard InChI is InChI=1S/C18H21NO5/c1-4-23-16(20)13-11(3)19-18(22)9-24-17(21)15(18)14(13)12-8-6-5-7-10(12)2/h5-8,14-15,19,22H,4,9H2,1-3H3. The number of ether oxygens (including phenoxy) is 2. The van der Waals surface area contributed by atoms with Crippen LogP contribution < -0.4 is 5.32 Å². The Labute approximate surface area is 140 Å². The quantitative estimate of drug-likeness (QED) is 0.814. The van der Waals surface area contributed by atoms with Crippen LogP contribution in [0.1, 0.15) is 30.9 Å². The van der Waals surface area contributed by atoms with Crippen molar-refractivity contribution in [3.05, 3.63) is 46.7 Å². The van der Waals surface area contributed by atoms with E-state index in [2.05, 4.69) is 5.32 Å². The maximum atomic E-state index is 12.5. The number of aryl methyl sites for hydroxylation is 1. The number of esters is 2. The molecule has 0 amide bonds. The largest absolute Gasteiger partial charge is 0.463 e. The summed E-state index contributed by atoms with van der Waals surface area (Å²) in [7, 11) is 0. The normalized spacial score (nSPS) is 28.9. The van der Waals surface area contributed by atoms with Gasteiger partial charge in [0.05, 0.1) is 12.2 Å². The van der Waals surface area contributed by atoms with Gasteiger partial charge in [0.1, 0.15) is 12.5 Å². The molecule has 0 aliphatic carbocycles. The molecule has 0 saturated carbocycles. The number of hydrogen-bond acceptors (Lipinski definition) is 6. The van der Waals surface area contributed by atoms with E-state index in [0.29, 0.717) is 11.3 Å². The molecular weight excluding hydrogens is 310 g/mol. The molecule has 6 heteroatoms. The SMILES string of the molecule is CCOC(=O)C1=C(C)NC2(O)COC(=O)C2C1c1ccccc1C. The Hall–Kier alpha value is -2.34. The number of hydrogen-bond donors (Lipinski definition) is 2. The van der Waals surface area contributed by atoms with E-state index in [1.54, 1.807) is 13.8 Å². The first kappa shape index (κ1) is 16.5. The Morgan fingerprint density at radius 2 is 2.12 bits per heavy atom. The van der Waals surface area contributed by atoms with E-state index in [9.17, 15) is 14.7 Å². The van der Waals surface area contributed by atoms with E-state index in [1.807, 2.05) is 31.2 Å². The van der Waals surface area contributed by atoms with Crippen LogP contribution in [0.2, 0.25) is 0 Å². The predicted octanol–water partition coefficient (Wildman–Crippen LogP) is 1.38. The molecule has 1 aromatic carbocycles. The fourth-order valence-corrected chi connectivity index (χ4v) is 3.63. The molecule has 24 heavy (non-hydrogen) atoms. The highest BCUT2D eigenvalue weighted by molar-refractivity contribution is 5.94. The fraction of sp³-hybridized carbons (Fsp3) is 0.444. The average molecular weight is 331 g/mol. The van der Waals surface area contributed by atoms with Gasteiger partial charge < -0.3 is 19.9 Å². The van der Waals surface area contributed by atoms with Gasteiger partial charge in [-0.05, 0) is 31.9 Å². The summed E-state index contributed by atoms with van der Waals surface area (Å²) in [6.07, 6.45) is 0. The first-order valence-electron chi connectivity index (χ1n) is 7.99. The number of allylic oxidation sites excluding steroid dienone is 1. The average Bonchev–Trinajstić information content (AvgIpc) is 2.81. The van der Waals surface area contributed by atoms with E-state index in [0.717, 1.165) is 11.1 Å². The third-order valence-electron chi connectivity index (χ3n) is 4.67. The minimum absolute atomic E-state index is 0.147. The number of fused-ring (bicyclic) bond motifs is 1. The molecule has 3 rings (SSSR count). The summed E-state index contributed by atoms with van der Waals surface area (Å²) in [5.74, 6) is -2.53. The van der Waals surface area contributed by atoms with Crippen LogP contribution in [0.4, 0.5) is 0 Å². The first-order valence-corrected chi connectivity index (χ1v) is 7.99. The Morgan fingerprint density at radius 1 is 1.42 bits per heavy atom. The van der Waals surface area contributed by atoms with Crippen molar-refractivity contribution in [3.63, 3.8) is 0 Å². The van der Waals surface area contributed by atoms with E-state index in [4.69, 9.17) is 9.47 Å². The maximum Gasteiger partial charge on any atom is 0.336 e. The lowest BCUT2D eigenvalue weighted by Crippen LogP contribution is -2.57. The highest BCUT2D eigenvalue weighted by atomic mass is 16.6. The van der Waals surface area contributed by atoms with Crippen molar-refractivity contribution in [3.8, 4) is 0 Å². The molecular formula is C18H21NO5. The second-order valence-electron chi connectivity index (χ2n) is 6.23. The van der Waals surface area contributed by atoms with Crippen LogP contribution >= 0.6 is 0 Å². The van der Waals surface area contributed by atoms with E-state index < -0.39 is 29.5 Å². The summed E-state index contributed by atoms with van der Waals surface area (Å²) in [5, 5.41) is 13.7. The van der Waals surface area contributed by atoms with Crippen LogP contribution in [0.5, 0.6) is 0 Å². The highest BCUT2D eigenvalue weighted by Crippen LogP contribution is 2.46. The van der Waals surface area contributed by atoms with Gasteiger partial charge in [0.15, 0.2) is 5.72 Å². The fourth-order valence-electron chi connectivity index (χ4n) is 3.63. The second-order valence-corrected chi connectivity index (χ2v) is 6.23. The third kappa shape index (κ3) is 2.47. The number of benzene rings is 1. The highest BCUT2D eigenvalue weighted by Gasteiger charge is 2.58. The molecule has 0 radical (unpaired) electrons. The predicted molar refractivity (Wildman–Crippen MR) is 85.8 cm³/mol. The lowest BCUT2D eigenvalue weighted by atomic mass is 9.72. The van der Waals surface area contributed by atoms with Gasteiger partial charge in [-0.15, -0.1) is 0 Å². The van der Waals surface area contributed by atoms with Gasteiger partial charge >= 0.3 is 11.9 Å². The Balaban J connectivity index is 2.20. The monoisotopic (exact) mass is 331 g/mol. The molecule has 2 aliphatic rings. The second kappa shape index (κ2) is 5.94. The zero-order valence-corrected chi connectivity index (χ0v) is 14.0. The Bertz CT molecular complexity index is 726. The third-order valence-corrected chi connectivity index (χ3v) is 4.67. The number of carbonyl (C=O) groups excluding carboxylic acids is 2. The van der Waals surface area contributed by atoms with Crippen molar-refractivity contribution in [1.29, 1.82) is 0 Å². The maximum absolute atomic E-state index is 12.5. The minimum Gasteiger partial charge on any atom is -0.463 e. The van der Waals surface area contributed by atoms with Gasteiger partial charge in [0.2, 0.25) is 0 Å². The van der Waals surface area contributed by atoms with Gasteiger partial charge in [-0.1, -0.05) is 24.3 Å². The molecule has 0 spiro atoms. The number of rotatable bonds is 3. The zero-order chi connectivity index (χ0) is 17.5. The van der Waals surface area contributed by atoms with Crippen molar-refractivity contribution in [2.75, 3.05) is 13.2 Å². The topological polar surface area (TPSA) is 84.9 Å². The molecule has 0 aromatic heterocycles. The summed E-state index contributed by atoms with van der Waals surface area (Å²) >= 11 is 0. The van der Waals surface area contributed by atoms with Gasteiger partial charge in [-0.3, -0.25) is 4.79 Å². The number of aliphatic hydroxyl groups is 1. The minimum atomic E-state index is -1.52. The number of cyclic esters (lactones) is 1. The lowest BCUT2D eigenvalue weighted by Gasteiger charge is -2.40. The summed E-state index contributed by atoms with van der Waals surface area (Å²) in [6, 6.07) is 7.51. The Morgan fingerprint density at radius 3 is 2.79 bits per heavy atom. The van der Waals surface area contributed by atoms with Gasteiger partial charge in [-0.25, -0.2) is 4.79 Å². The molecule has 1 fully saturated rings. The summed E-state index contributed by atoms with van der Waals surface area (Å²) in [6.45, 7) is 5.43. The van der Waals surface area contributed by atoms with Crippen LogP contribution in [0.3, 0.4) is 0 Å². The summed E-state index contributed by atoms with van der Waals surface area (Å²) < 4.78 is 10.3. The smallest absolute Gasteiger partial charge is 0.336 e. The molecule has 2 heterocycles. The molecule has 0 bridgehead atoms. The molecule has 6 nitrogen and oxygen atoms in total. The van der Waals surface area contributed by atoms with Crippen LogP contribution in [0, 0.1) is 12.8 Å². The molecule has 2 N–H and O–H groups in total. The zero-order valence-electron chi connectivity index (χ0n) is 14.0. The van der Waals surface area contributed by atoms with E-state index >= 15 is 0 Å². The van der Waals surface area contributed by atoms with E-state index in [-0.39, 0.29) is 13.2 Å². The van der Waals surface area contributed by atoms with Gasteiger partial charge in [-0.2, -0.15) is 0 Å². The van der Waals surface area contributed by atoms with Crippen molar-refractivity contribution in [2.24, 2.45) is 5.92 Å². The number of carbonyl (C=O) groups is 2. The van der Waals surface area contributed by atoms with E-state index in [1.165, 1.54) is 0 Å². The summed E-state index contributed by atoms with van der Waals surface area (Å²) in [4.78, 5) is 24.9. The molecule has 1 aromatic rings. The van der Waals surface area contributed by atoms with Crippen LogP contribution in [-0.4, -0.2) is 36.0 Å². The van der Waals surface area contributed by atoms with Crippen molar-refractivity contribution >= 4 is 11.9 Å².